The Balaban J connectivity index is 2.09. The van der Waals surface area contributed by atoms with Crippen LogP contribution in [0.2, 0.25) is 0 Å². The molecular weight excluding hydrogens is 259 g/mol. The molecular formula is C15H13FN2S. The number of fused-ring (bicyclic) bond motifs is 3. The summed E-state index contributed by atoms with van der Waals surface area (Å²) in [6.07, 6.45) is 3.41. The Kier molecular flexibility index (Phi) is 2.30. The second-order valence-electron chi connectivity index (χ2n) is 4.97. The highest BCUT2D eigenvalue weighted by molar-refractivity contribution is 7.17. The van der Waals surface area contributed by atoms with Crippen molar-refractivity contribution in [2.24, 2.45) is 0 Å². The number of aryl methyl sites for hydroxylation is 3. The molecule has 4 heteroatoms. The Bertz CT molecular complexity index is 785. The molecule has 0 N–H and O–H groups in total. The molecule has 0 spiro atoms. The van der Waals surface area contributed by atoms with Gasteiger partial charge in [0.25, 0.3) is 0 Å². The molecule has 0 unspecified atom stereocenters. The van der Waals surface area contributed by atoms with Gasteiger partial charge in [0, 0.05) is 16.1 Å². The van der Waals surface area contributed by atoms with E-state index < -0.39 is 0 Å². The third-order valence-electron chi connectivity index (χ3n) is 3.77. The normalized spacial score (nSPS) is 14.2. The minimum atomic E-state index is -0.176. The van der Waals surface area contributed by atoms with Crippen molar-refractivity contribution in [2.75, 3.05) is 0 Å². The summed E-state index contributed by atoms with van der Waals surface area (Å²) in [4.78, 5) is 7.03. The lowest BCUT2D eigenvalue weighted by molar-refractivity contribution is 0.630. The van der Waals surface area contributed by atoms with E-state index in [1.807, 2.05) is 19.1 Å². The maximum atomic E-state index is 14.1. The minimum Gasteiger partial charge on any atom is -0.287 e. The summed E-state index contributed by atoms with van der Waals surface area (Å²) in [5.74, 6) is -0.176. The largest absolute Gasteiger partial charge is 0.287 e. The third kappa shape index (κ3) is 1.49. The van der Waals surface area contributed by atoms with Crippen molar-refractivity contribution in [2.45, 2.75) is 26.2 Å². The molecule has 0 saturated carbocycles. The summed E-state index contributed by atoms with van der Waals surface area (Å²) in [5, 5.41) is 0. The molecule has 0 atom stereocenters. The second-order valence-corrected chi connectivity index (χ2v) is 6.03. The number of imidazole rings is 1. The molecule has 96 valence electrons. The molecule has 1 aliphatic carbocycles. The topological polar surface area (TPSA) is 17.3 Å². The molecule has 1 aliphatic rings. The Hall–Kier alpha value is -1.68. The van der Waals surface area contributed by atoms with Crippen LogP contribution in [0.15, 0.2) is 24.3 Å². The number of halogens is 1. The van der Waals surface area contributed by atoms with Gasteiger partial charge in [-0.25, -0.2) is 9.37 Å². The van der Waals surface area contributed by atoms with Crippen LogP contribution in [0.1, 0.15) is 22.7 Å². The molecule has 2 aromatic heterocycles. The maximum Gasteiger partial charge on any atom is 0.194 e. The lowest BCUT2D eigenvalue weighted by Gasteiger charge is -2.05. The van der Waals surface area contributed by atoms with Crippen LogP contribution in [-0.4, -0.2) is 9.38 Å². The first-order valence-electron chi connectivity index (χ1n) is 6.50. The van der Waals surface area contributed by atoms with E-state index in [-0.39, 0.29) is 5.82 Å². The predicted octanol–water partition coefficient (Wildman–Crippen LogP) is 4.00. The molecule has 0 radical (unpaired) electrons. The van der Waals surface area contributed by atoms with Gasteiger partial charge in [-0.3, -0.25) is 4.40 Å². The number of hydrogen-bond donors (Lipinski definition) is 0. The van der Waals surface area contributed by atoms with Crippen molar-refractivity contribution < 1.29 is 4.39 Å². The average Bonchev–Trinajstić information content (AvgIpc) is 3.01. The highest BCUT2D eigenvalue weighted by Gasteiger charge is 2.23. The van der Waals surface area contributed by atoms with Crippen LogP contribution in [0.3, 0.4) is 0 Å². The van der Waals surface area contributed by atoms with Gasteiger partial charge in [-0.15, -0.1) is 11.3 Å². The Labute approximate surface area is 114 Å². The van der Waals surface area contributed by atoms with E-state index in [9.17, 15) is 4.39 Å². The molecule has 0 saturated heterocycles. The summed E-state index contributed by atoms with van der Waals surface area (Å²) in [6, 6.07) is 6.96. The first-order chi connectivity index (χ1) is 9.25. The van der Waals surface area contributed by atoms with Crippen molar-refractivity contribution in [3.63, 3.8) is 0 Å². The first-order valence-corrected chi connectivity index (χ1v) is 7.32. The van der Waals surface area contributed by atoms with Crippen LogP contribution in [-0.2, 0) is 12.8 Å². The van der Waals surface area contributed by atoms with Crippen LogP contribution < -0.4 is 0 Å². The number of aromatic nitrogens is 2. The maximum absolute atomic E-state index is 14.1. The van der Waals surface area contributed by atoms with E-state index in [2.05, 4.69) is 9.38 Å². The summed E-state index contributed by atoms with van der Waals surface area (Å²) in [7, 11) is 0. The fraction of sp³-hybridized carbons (Fsp3) is 0.267. The van der Waals surface area contributed by atoms with Crippen LogP contribution in [0.4, 0.5) is 4.39 Å². The molecule has 0 fully saturated rings. The van der Waals surface area contributed by atoms with Gasteiger partial charge in [0.15, 0.2) is 4.96 Å². The molecule has 0 aliphatic heterocycles. The molecule has 2 nitrogen and oxygen atoms in total. The lowest BCUT2D eigenvalue weighted by atomic mass is 10.1. The van der Waals surface area contributed by atoms with Gasteiger partial charge in [-0.2, -0.15) is 0 Å². The number of benzene rings is 1. The van der Waals surface area contributed by atoms with Crippen molar-refractivity contribution in [3.05, 3.63) is 46.3 Å². The molecule has 19 heavy (non-hydrogen) atoms. The smallest absolute Gasteiger partial charge is 0.194 e. The van der Waals surface area contributed by atoms with Crippen molar-refractivity contribution in [1.29, 1.82) is 0 Å². The van der Waals surface area contributed by atoms with Crippen LogP contribution in [0.5, 0.6) is 0 Å². The van der Waals surface area contributed by atoms with Gasteiger partial charge < -0.3 is 0 Å². The van der Waals surface area contributed by atoms with Crippen molar-refractivity contribution in [1.82, 2.24) is 9.38 Å². The Morgan fingerprint density at radius 1 is 1.26 bits per heavy atom. The van der Waals surface area contributed by atoms with Crippen LogP contribution >= 0.6 is 11.3 Å². The molecule has 0 bridgehead atoms. The van der Waals surface area contributed by atoms with E-state index >= 15 is 0 Å². The molecule has 3 aromatic rings. The van der Waals surface area contributed by atoms with Gasteiger partial charge in [0.2, 0.25) is 0 Å². The monoisotopic (exact) mass is 272 g/mol. The SMILES string of the molecule is Cc1nc2sc3c(n2c1-c1ccccc1F)CCC3. The highest BCUT2D eigenvalue weighted by Crippen LogP contribution is 2.36. The lowest BCUT2D eigenvalue weighted by Crippen LogP contribution is -1.95. The van der Waals surface area contributed by atoms with Gasteiger partial charge >= 0.3 is 0 Å². The zero-order valence-corrected chi connectivity index (χ0v) is 11.4. The van der Waals surface area contributed by atoms with Crippen LogP contribution in [0, 0.1) is 12.7 Å². The quantitative estimate of drug-likeness (QED) is 0.654. The van der Waals surface area contributed by atoms with Gasteiger partial charge in [0.05, 0.1) is 11.4 Å². The van der Waals surface area contributed by atoms with E-state index in [0.29, 0.717) is 5.56 Å². The zero-order chi connectivity index (χ0) is 13.0. The third-order valence-corrected chi connectivity index (χ3v) is 4.92. The van der Waals surface area contributed by atoms with Crippen molar-refractivity contribution >= 4 is 16.3 Å². The summed E-state index contributed by atoms with van der Waals surface area (Å²) in [5.41, 5.74) is 3.82. The average molecular weight is 272 g/mol. The van der Waals surface area contributed by atoms with Gasteiger partial charge in [0.1, 0.15) is 5.82 Å². The van der Waals surface area contributed by atoms with Gasteiger partial charge in [-0.1, -0.05) is 12.1 Å². The summed E-state index contributed by atoms with van der Waals surface area (Å²) < 4.78 is 16.2. The fourth-order valence-corrected chi connectivity index (χ4v) is 4.20. The Morgan fingerprint density at radius 3 is 2.95 bits per heavy atom. The highest BCUT2D eigenvalue weighted by atomic mass is 32.1. The molecule has 4 rings (SSSR count). The van der Waals surface area contributed by atoms with E-state index in [0.717, 1.165) is 29.2 Å². The summed E-state index contributed by atoms with van der Waals surface area (Å²) >= 11 is 1.75. The standard InChI is InChI=1S/C15H13FN2S/c1-9-14(10-5-2-3-6-11(10)16)18-12-7-4-8-13(12)19-15(18)17-9/h2-3,5-6H,4,7-8H2,1H3. The second kappa shape index (κ2) is 3.90. The van der Waals surface area contributed by atoms with Crippen LogP contribution in [0.25, 0.3) is 16.2 Å². The number of rotatable bonds is 1. The fourth-order valence-electron chi connectivity index (χ4n) is 2.95. The Morgan fingerprint density at radius 2 is 2.11 bits per heavy atom. The predicted molar refractivity (Wildman–Crippen MR) is 75.2 cm³/mol. The van der Waals surface area contributed by atoms with Gasteiger partial charge in [-0.05, 0) is 38.3 Å². The van der Waals surface area contributed by atoms with Crippen molar-refractivity contribution in [3.8, 4) is 11.3 Å². The first kappa shape index (κ1) is 11.2. The molecule has 1 aromatic carbocycles. The summed E-state index contributed by atoms with van der Waals surface area (Å²) in [6.45, 7) is 1.96. The van der Waals surface area contributed by atoms with E-state index in [4.69, 9.17) is 0 Å². The van der Waals surface area contributed by atoms with E-state index in [1.165, 1.54) is 23.1 Å². The zero-order valence-electron chi connectivity index (χ0n) is 10.6. The number of thiazole rings is 1. The number of hydrogen-bond acceptors (Lipinski definition) is 2. The molecule has 2 heterocycles. The molecule has 0 amide bonds. The van der Waals surface area contributed by atoms with E-state index in [1.54, 1.807) is 17.4 Å². The minimum absolute atomic E-state index is 0.176. The number of nitrogens with zero attached hydrogens (tertiary/aromatic N) is 2.